The Kier molecular flexibility index (Phi) is 4.32. The Morgan fingerprint density at radius 1 is 1.43 bits per heavy atom. The molecule has 1 aromatic heterocycles. The molecule has 1 heterocycles. The van der Waals surface area contributed by atoms with Gasteiger partial charge in [-0.2, -0.15) is 5.10 Å². The van der Waals surface area contributed by atoms with Crippen LogP contribution in [0.25, 0.3) is 0 Å². The van der Waals surface area contributed by atoms with Crippen LogP contribution in [0.5, 0.6) is 0 Å². The standard InChI is InChI=1S/C10H17N3O/c1-8(7-14-3)6-11-10-5-4-9(2)12-13-10/h4-5,8H,6-7H2,1-3H3,(H,11,13). The van der Waals surface area contributed by atoms with Crippen molar-refractivity contribution in [3.8, 4) is 0 Å². The van der Waals surface area contributed by atoms with E-state index in [9.17, 15) is 0 Å². The van der Waals surface area contributed by atoms with Crippen LogP contribution in [-0.4, -0.2) is 30.5 Å². The molecular formula is C10H17N3O. The summed E-state index contributed by atoms with van der Waals surface area (Å²) in [7, 11) is 1.71. The normalized spacial score (nSPS) is 12.5. The third-order valence-corrected chi connectivity index (χ3v) is 1.88. The highest BCUT2D eigenvalue weighted by Crippen LogP contribution is 2.03. The summed E-state index contributed by atoms with van der Waals surface area (Å²) >= 11 is 0. The summed E-state index contributed by atoms with van der Waals surface area (Å²) in [6.07, 6.45) is 0. The number of hydrogen-bond acceptors (Lipinski definition) is 4. The molecule has 0 saturated heterocycles. The molecule has 1 atom stereocenters. The molecular weight excluding hydrogens is 178 g/mol. The zero-order chi connectivity index (χ0) is 10.4. The molecule has 0 radical (unpaired) electrons. The molecule has 0 aliphatic carbocycles. The Bertz CT molecular complexity index is 261. The molecule has 14 heavy (non-hydrogen) atoms. The third-order valence-electron chi connectivity index (χ3n) is 1.88. The smallest absolute Gasteiger partial charge is 0.148 e. The first-order valence-corrected chi connectivity index (χ1v) is 4.75. The van der Waals surface area contributed by atoms with Gasteiger partial charge in [0.1, 0.15) is 5.82 Å². The predicted molar refractivity (Wildman–Crippen MR) is 56.3 cm³/mol. The molecule has 0 aliphatic rings. The van der Waals surface area contributed by atoms with Crippen molar-refractivity contribution >= 4 is 5.82 Å². The zero-order valence-electron chi connectivity index (χ0n) is 8.95. The molecule has 0 aromatic carbocycles. The Labute approximate surface area is 84.7 Å². The minimum atomic E-state index is 0.475. The van der Waals surface area contributed by atoms with Crippen molar-refractivity contribution in [3.63, 3.8) is 0 Å². The molecule has 4 heteroatoms. The van der Waals surface area contributed by atoms with Gasteiger partial charge in [-0.05, 0) is 25.0 Å². The third kappa shape index (κ3) is 3.70. The maximum atomic E-state index is 5.04. The Hall–Kier alpha value is -1.16. The maximum absolute atomic E-state index is 5.04. The minimum Gasteiger partial charge on any atom is -0.384 e. The lowest BCUT2D eigenvalue weighted by molar-refractivity contribution is 0.164. The van der Waals surface area contributed by atoms with Crippen LogP contribution in [0.3, 0.4) is 0 Å². The van der Waals surface area contributed by atoms with Crippen LogP contribution in [0.2, 0.25) is 0 Å². The Balaban J connectivity index is 2.34. The molecule has 0 spiro atoms. The van der Waals surface area contributed by atoms with E-state index in [1.807, 2.05) is 19.1 Å². The number of methoxy groups -OCH3 is 1. The van der Waals surface area contributed by atoms with Gasteiger partial charge in [-0.3, -0.25) is 0 Å². The van der Waals surface area contributed by atoms with E-state index in [2.05, 4.69) is 22.4 Å². The van der Waals surface area contributed by atoms with Crippen molar-refractivity contribution in [2.24, 2.45) is 5.92 Å². The van der Waals surface area contributed by atoms with Crippen molar-refractivity contribution in [1.29, 1.82) is 0 Å². The SMILES string of the molecule is COCC(C)CNc1ccc(C)nn1. The average molecular weight is 195 g/mol. The van der Waals surface area contributed by atoms with E-state index in [4.69, 9.17) is 4.74 Å². The molecule has 0 fully saturated rings. The molecule has 78 valence electrons. The van der Waals surface area contributed by atoms with E-state index < -0.39 is 0 Å². The van der Waals surface area contributed by atoms with E-state index in [0.717, 1.165) is 24.7 Å². The van der Waals surface area contributed by atoms with Gasteiger partial charge in [0.05, 0.1) is 12.3 Å². The fourth-order valence-electron chi connectivity index (χ4n) is 1.12. The van der Waals surface area contributed by atoms with Crippen LogP contribution < -0.4 is 5.32 Å². The predicted octanol–water partition coefficient (Wildman–Crippen LogP) is 1.48. The molecule has 1 rings (SSSR count). The quantitative estimate of drug-likeness (QED) is 0.773. The molecule has 1 aromatic rings. The van der Waals surface area contributed by atoms with Crippen molar-refractivity contribution in [2.75, 3.05) is 25.6 Å². The summed E-state index contributed by atoms with van der Waals surface area (Å²) in [6.45, 7) is 5.65. The number of rotatable bonds is 5. The van der Waals surface area contributed by atoms with Gasteiger partial charge in [0, 0.05) is 13.7 Å². The number of hydrogen-bond donors (Lipinski definition) is 1. The van der Waals surface area contributed by atoms with Crippen molar-refractivity contribution < 1.29 is 4.74 Å². The number of nitrogens with zero attached hydrogens (tertiary/aromatic N) is 2. The number of aryl methyl sites for hydroxylation is 1. The lowest BCUT2D eigenvalue weighted by Gasteiger charge is -2.11. The monoisotopic (exact) mass is 195 g/mol. The number of aromatic nitrogens is 2. The van der Waals surface area contributed by atoms with Crippen LogP contribution >= 0.6 is 0 Å². The van der Waals surface area contributed by atoms with Gasteiger partial charge >= 0.3 is 0 Å². The van der Waals surface area contributed by atoms with Gasteiger partial charge in [0.15, 0.2) is 0 Å². The van der Waals surface area contributed by atoms with Crippen LogP contribution in [0.4, 0.5) is 5.82 Å². The Morgan fingerprint density at radius 2 is 2.21 bits per heavy atom. The van der Waals surface area contributed by atoms with Crippen LogP contribution in [-0.2, 0) is 4.74 Å². The van der Waals surface area contributed by atoms with Crippen molar-refractivity contribution in [2.45, 2.75) is 13.8 Å². The second kappa shape index (κ2) is 5.54. The molecule has 1 N–H and O–H groups in total. The first-order valence-electron chi connectivity index (χ1n) is 4.75. The first kappa shape index (κ1) is 10.9. The summed E-state index contributed by atoms with van der Waals surface area (Å²) < 4.78 is 5.04. The van der Waals surface area contributed by atoms with E-state index in [1.54, 1.807) is 7.11 Å². The van der Waals surface area contributed by atoms with Crippen LogP contribution in [0.15, 0.2) is 12.1 Å². The van der Waals surface area contributed by atoms with Gasteiger partial charge in [-0.15, -0.1) is 5.10 Å². The van der Waals surface area contributed by atoms with Crippen molar-refractivity contribution in [3.05, 3.63) is 17.8 Å². The Morgan fingerprint density at radius 3 is 2.79 bits per heavy atom. The van der Waals surface area contributed by atoms with Gasteiger partial charge in [-0.1, -0.05) is 6.92 Å². The lowest BCUT2D eigenvalue weighted by Crippen LogP contribution is -2.16. The molecule has 0 amide bonds. The number of anilines is 1. The average Bonchev–Trinajstić information content (AvgIpc) is 2.17. The summed E-state index contributed by atoms with van der Waals surface area (Å²) in [5, 5.41) is 11.2. The summed E-state index contributed by atoms with van der Waals surface area (Å²) in [5.74, 6) is 1.29. The number of nitrogens with one attached hydrogen (secondary N) is 1. The van der Waals surface area contributed by atoms with Crippen LogP contribution in [0, 0.1) is 12.8 Å². The van der Waals surface area contributed by atoms with Crippen molar-refractivity contribution in [1.82, 2.24) is 10.2 Å². The van der Waals surface area contributed by atoms with E-state index >= 15 is 0 Å². The van der Waals surface area contributed by atoms with Crippen LogP contribution in [0.1, 0.15) is 12.6 Å². The molecule has 4 nitrogen and oxygen atoms in total. The van der Waals surface area contributed by atoms with E-state index in [-0.39, 0.29) is 0 Å². The zero-order valence-corrected chi connectivity index (χ0v) is 8.95. The second-order valence-electron chi connectivity index (χ2n) is 3.50. The number of ether oxygens (including phenoxy) is 1. The topological polar surface area (TPSA) is 47.0 Å². The van der Waals surface area contributed by atoms with Gasteiger partial charge in [0.25, 0.3) is 0 Å². The summed E-state index contributed by atoms with van der Waals surface area (Å²) in [5.41, 5.74) is 0.931. The fraction of sp³-hybridized carbons (Fsp3) is 0.600. The lowest BCUT2D eigenvalue weighted by atomic mass is 10.2. The highest BCUT2D eigenvalue weighted by molar-refractivity contribution is 5.32. The molecule has 0 saturated carbocycles. The minimum absolute atomic E-state index is 0.475. The van der Waals surface area contributed by atoms with E-state index in [0.29, 0.717) is 5.92 Å². The highest BCUT2D eigenvalue weighted by Gasteiger charge is 2.01. The second-order valence-corrected chi connectivity index (χ2v) is 3.50. The fourth-order valence-corrected chi connectivity index (χ4v) is 1.12. The molecule has 1 unspecified atom stereocenters. The van der Waals surface area contributed by atoms with Gasteiger partial charge in [0.2, 0.25) is 0 Å². The largest absolute Gasteiger partial charge is 0.384 e. The molecule has 0 aliphatic heterocycles. The van der Waals surface area contributed by atoms with Gasteiger partial charge < -0.3 is 10.1 Å². The highest BCUT2D eigenvalue weighted by atomic mass is 16.5. The maximum Gasteiger partial charge on any atom is 0.148 e. The van der Waals surface area contributed by atoms with E-state index in [1.165, 1.54) is 0 Å². The molecule has 0 bridgehead atoms. The van der Waals surface area contributed by atoms with Gasteiger partial charge in [-0.25, -0.2) is 0 Å². The first-order chi connectivity index (χ1) is 6.72. The summed E-state index contributed by atoms with van der Waals surface area (Å²) in [4.78, 5) is 0. The summed E-state index contributed by atoms with van der Waals surface area (Å²) in [6, 6.07) is 3.87.